The molecule has 0 saturated heterocycles. The third kappa shape index (κ3) is 3.17. The van der Waals surface area contributed by atoms with Crippen LogP contribution in [0.15, 0.2) is 24.4 Å². The number of nitrogens with one attached hydrogen (secondary N) is 1. The Morgan fingerprint density at radius 1 is 1.40 bits per heavy atom. The van der Waals surface area contributed by atoms with Crippen molar-refractivity contribution in [2.24, 2.45) is 0 Å². The van der Waals surface area contributed by atoms with Crippen LogP contribution in [0.1, 0.15) is 23.7 Å². The van der Waals surface area contributed by atoms with Gasteiger partial charge >= 0.3 is 0 Å². The number of nitrogens with zero attached hydrogens (tertiary/aromatic N) is 2. The van der Waals surface area contributed by atoms with E-state index in [0.717, 1.165) is 24.3 Å². The first-order chi connectivity index (χ1) is 9.65. The van der Waals surface area contributed by atoms with E-state index in [1.807, 2.05) is 23.9 Å². The number of ether oxygens (including phenoxy) is 1. The van der Waals surface area contributed by atoms with Crippen LogP contribution in [-0.4, -0.2) is 23.4 Å². The average Bonchev–Trinajstić information content (AvgIpc) is 2.78. The van der Waals surface area contributed by atoms with Crippen molar-refractivity contribution in [3.63, 3.8) is 0 Å². The van der Waals surface area contributed by atoms with Crippen molar-refractivity contribution in [2.75, 3.05) is 13.7 Å². The van der Waals surface area contributed by atoms with Gasteiger partial charge in [-0.15, -0.1) is 0 Å². The first-order valence-electron chi connectivity index (χ1n) is 6.70. The molecule has 0 bridgehead atoms. The molecule has 1 aromatic heterocycles. The highest BCUT2D eigenvalue weighted by Gasteiger charge is 2.08. The van der Waals surface area contributed by atoms with Crippen molar-refractivity contribution in [3.8, 4) is 5.75 Å². The maximum atomic E-state index is 13.7. The molecule has 0 radical (unpaired) electrons. The lowest BCUT2D eigenvalue weighted by molar-refractivity contribution is 0.386. The van der Waals surface area contributed by atoms with Gasteiger partial charge in [0.15, 0.2) is 11.6 Å². The molecule has 20 heavy (non-hydrogen) atoms. The first kappa shape index (κ1) is 14.5. The van der Waals surface area contributed by atoms with Crippen LogP contribution in [0, 0.1) is 12.7 Å². The predicted octanol–water partition coefficient (Wildman–Crippen LogP) is 2.50. The summed E-state index contributed by atoms with van der Waals surface area (Å²) < 4.78 is 20.5. The molecule has 0 fully saturated rings. The van der Waals surface area contributed by atoms with Crippen LogP contribution in [0.4, 0.5) is 4.39 Å². The van der Waals surface area contributed by atoms with E-state index in [2.05, 4.69) is 17.3 Å². The Hall–Kier alpha value is -1.88. The first-order valence-corrected chi connectivity index (χ1v) is 6.70. The second-order valence-electron chi connectivity index (χ2n) is 4.66. The highest BCUT2D eigenvalue weighted by molar-refractivity contribution is 5.29. The quantitative estimate of drug-likeness (QED) is 0.881. The molecule has 2 rings (SSSR count). The number of aromatic nitrogens is 2. The van der Waals surface area contributed by atoms with Crippen molar-refractivity contribution in [3.05, 3.63) is 47.0 Å². The van der Waals surface area contributed by atoms with Crippen LogP contribution in [0.3, 0.4) is 0 Å². The van der Waals surface area contributed by atoms with Gasteiger partial charge in [0.2, 0.25) is 0 Å². The monoisotopic (exact) mass is 277 g/mol. The average molecular weight is 277 g/mol. The van der Waals surface area contributed by atoms with Crippen molar-refractivity contribution in [1.29, 1.82) is 0 Å². The van der Waals surface area contributed by atoms with Crippen LogP contribution in [0.5, 0.6) is 5.75 Å². The van der Waals surface area contributed by atoms with Gasteiger partial charge in [0, 0.05) is 17.8 Å². The number of rotatable bonds is 6. The third-order valence-electron chi connectivity index (χ3n) is 3.32. The standard InChI is InChI=1S/C15H20FN3O/c1-4-17-8-13-9-18-19(11(13)2)10-12-5-6-15(20-3)14(16)7-12/h5-7,9,17H,4,8,10H2,1-3H3. The molecule has 5 heteroatoms. The number of methoxy groups -OCH3 is 1. The largest absolute Gasteiger partial charge is 0.494 e. The normalized spacial score (nSPS) is 10.8. The van der Waals surface area contributed by atoms with E-state index >= 15 is 0 Å². The van der Waals surface area contributed by atoms with Gasteiger partial charge < -0.3 is 10.1 Å². The lowest BCUT2D eigenvalue weighted by atomic mass is 10.2. The van der Waals surface area contributed by atoms with Gasteiger partial charge in [-0.05, 0) is 31.2 Å². The molecular weight excluding hydrogens is 257 g/mol. The molecule has 4 nitrogen and oxygen atoms in total. The maximum absolute atomic E-state index is 13.7. The third-order valence-corrected chi connectivity index (χ3v) is 3.32. The van der Waals surface area contributed by atoms with E-state index in [4.69, 9.17) is 4.74 Å². The summed E-state index contributed by atoms with van der Waals surface area (Å²) in [5.41, 5.74) is 3.13. The van der Waals surface area contributed by atoms with Crippen LogP contribution in [0.2, 0.25) is 0 Å². The Morgan fingerprint density at radius 2 is 2.20 bits per heavy atom. The lowest BCUT2D eigenvalue weighted by Crippen LogP contribution is -2.12. The molecule has 108 valence electrons. The van der Waals surface area contributed by atoms with Gasteiger partial charge in [0.1, 0.15) is 0 Å². The fraction of sp³-hybridized carbons (Fsp3) is 0.400. The smallest absolute Gasteiger partial charge is 0.165 e. The van der Waals surface area contributed by atoms with E-state index in [0.29, 0.717) is 6.54 Å². The lowest BCUT2D eigenvalue weighted by Gasteiger charge is -2.08. The fourth-order valence-corrected chi connectivity index (χ4v) is 2.06. The fourth-order valence-electron chi connectivity index (χ4n) is 2.06. The number of halogens is 1. The summed E-state index contributed by atoms with van der Waals surface area (Å²) in [6.45, 7) is 6.38. The van der Waals surface area contributed by atoms with Crippen LogP contribution in [0.25, 0.3) is 0 Å². The number of hydrogen-bond acceptors (Lipinski definition) is 3. The van der Waals surface area contributed by atoms with Crippen molar-refractivity contribution >= 4 is 0 Å². The van der Waals surface area contributed by atoms with Gasteiger partial charge in [-0.2, -0.15) is 5.10 Å². The van der Waals surface area contributed by atoms with Gasteiger partial charge in [-0.3, -0.25) is 4.68 Å². The molecule has 2 aromatic rings. The van der Waals surface area contributed by atoms with Crippen LogP contribution in [-0.2, 0) is 13.1 Å². The highest BCUT2D eigenvalue weighted by atomic mass is 19.1. The molecule has 1 heterocycles. The van der Waals surface area contributed by atoms with Crippen LogP contribution >= 0.6 is 0 Å². The second-order valence-corrected chi connectivity index (χ2v) is 4.66. The molecule has 0 aliphatic heterocycles. The predicted molar refractivity (Wildman–Crippen MR) is 76.4 cm³/mol. The van der Waals surface area contributed by atoms with Crippen LogP contribution < -0.4 is 10.1 Å². The van der Waals surface area contributed by atoms with E-state index in [1.165, 1.54) is 18.7 Å². The molecule has 0 aliphatic carbocycles. The number of hydrogen-bond donors (Lipinski definition) is 1. The topological polar surface area (TPSA) is 39.1 Å². The molecule has 0 atom stereocenters. The van der Waals surface area contributed by atoms with E-state index in [1.54, 1.807) is 6.07 Å². The molecule has 1 aromatic carbocycles. The molecule has 0 aliphatic rings. The SMILES string of the molecule is CCNCc1cnn(Cc2ccc(OC)c(F)c2)c1C. The van der Waals surface area contributed by atoms with E-state index < -0.39 is 0 Å². The van der Waals surface area contributed by atoms with Crippen molar-refractivity contribution in [2.45, 2.75) is 26.9 Å². The zero-order chi connectivity index (χ0) is 14.5. The van der Waals surface area contributed by atoms with Gasteiger partial charge in [-0.1, -0.05) is 13.0 Å². The summed E-state index contributed by atoms with van der Waals surface area (Å²) in [7, 11) is 1.46. The molecule has 0 amide bonds. The molecule has 0 unspecified atom stereocenters. The summed E-state index contributed by atoms with van der Waals surface area (Å²) in [4.78, 5) is 0. The zero-order valence-corrected chi connectivity index (χ0v) is 12.1. The minimum Gasteiger partial charge on any atom is -0.494 e. The Morgan fingerprint density at radius 3 is 2.85 bits per heavy atom. The molecular formula is C15H20FN3O. The van der Waals surface area contributed by atoms with Gasteiger partial charge in [-0.25, -0.2) is 4.39 Å². The Kier molecular flexibility index (Phi) is 4.74. The van der Waals surface area contributed by atoms with Crippen molar-refractivity contribution < 1.29 is 9.13 Å². The second kappa shape index (κ2) is 6.52. The Bertz CT molecular complexity index is 580. The van der Waals surface area contributed by atoms with Crippen molar-refractivity contribution in [1.82, 2.24) is 15.1 Å². The van der Waals surface area contributed by atoms with E-state index in [9.17, 15) is 4.39 Å². The Balaban J connectivity index is 2.14. The van der Waals surface area contributed by atoms with E-state index in [-0.39, 0.29) is 11.6 Å². The summed E-state index contributed by atoms with van der Waals surface area (Å²) >= 11 is 0. The van der Waals surface area contributed by atoms with Gasteiger partial charge in [0.25, 0.3) is 0 Å². The summed E-state index contributed by atoms with van der Waals surface area (Å²) in [6, 6.07) is 4.99. The molecule has 0 spiro atoms. The number of benzene rings is 1. The van der Waals surface area contributed by atoms with Gasteiger partial charge in [0.05, 0.1) is 19.9 Å². The minimum absolute atomic E-state index is 0.263. The highest BCUT2D eigenvalue weighted by Crippen LogP contribution is 2.19. The Labute approximate surface area is 118 Å². The minimum atomic E-state index is -0.345. The summed E-state index contributed by atoms with van der Waals surface area (Å²) in [5, 5.41) is 7.64. The summed E-state index contributed by atoms with van der Waals surface area (Å²) in [5.74, 6) is -0.0820. The zero-order valence-electron chi connectivity index (χ0n) is 12.1. The molecule has 0 saturated carbocycles. The summed E-state index contributed by atoms with van der Waals surface area (Å²) in [6.07, 6.45) is 1.86. The molecule has 1 N–H and O–H groups in total. The maximum Gasteiger partial charge on any atom is 0.165 e.